The summed E-state index contributed by atoms with van der Waals surface area (Å²) in [6, 6.07) is 7.68. The Bertz CT molecular complexity index is 568. The highest BCUT2D eigenvalue weighted by atomic mass is 127. The summed E-state index contributed by atoms with van der Waals surface area (Å²) in [5.41, 5.74) is 0. The Kier molecular flexibility index (Phi) is 13.0. The van der Waals surface area contributed by atoms with Crippen LogP contribution in [0.3, 0.4) is 0 Å². The van der Waals surface area contributed by atoms with Crippen molar-refractivity contribution in [3.8, 4) is 11.5 Å². The summed E-state index contributed by atoms with van der Waals surface area (Å²) < 4.78 is 16.7. The highest BCUT2D eigenvalue weighted by Gasteiger charge is 2.10. The Morgan fingerprint density at radius 1 is 1.18 bits per heavy atom. The Hall–Kier alpha value is -1.26. The van der Waals surface area contributed by atoms with Crippen LogP contribution >= 0.6 is 24.0 Å². The lowest BCUT2D eigenvalue weighted by Crippen LogP contribution is -2.42. The average Bonchev–Trinajstić information content (AvgIpc) is 2.71. The van der Waals surface area contributed by atoms with Crippen LogP contribution in [0.5, 0.6) is 11.5 Å². The number of guanidine groups is 1. The molecular formula is C20H35IN4O3. The number of rotatable bonds is 10. The van der Waals surface area contributed by atoms with Gasteiger partial charge in [0, 0.05) is 26.7 Å². The molecule has 0 bridgehead atoms. The summed E-state index contributed by atoms with van der Waals surface area (Å²) in [4.78, 5) is 6.74. The van der Waals surface area contributed by atoms with E-state index in [9.17, 15) is 0 Å². The molecule has 1 aromatic rings. The molecule has 1 unspecified atom stereocenters. The van der Waals surface area contributed by atoms with Gasteiger partial charge >= 0.3 is 0 Å². The molecule has 1 aliphatic heterocycles. The largest absolute Gasteiger partial charge is 0.493 e. The molecule has 2 rings (SSSR count). The van der Waals surface area contributed by atoms with Gasteiger partial charge < -0.3 is 24.8 Å². The zero-order chi connectivity index (χ0) is 19.3. The smallest absolute Gasteiger partial charge is 0.191 e. The van der Waals surface area contributed by atoms with Crippen molar-refractivity contribution in [2.45, 2.75) is 25.9 Å². The van der Waals surface area contributed by atoms with Crippen molar-refractivity contribution in [2.24, 2.45) is 4.99 Å². The second-order valence-corrected chi connectivity index (χ2v) is 6.62. The Morgan fingerprint density at radius 2 is 1.89 bits per heavy atom. The van der Waals surface area contributed by atoms with Gasteiger partial charge in [0.2, 0.25) is 0 Å². The van der Waals surface area contributed by atoms with E-state index in [1.54, 1.807) is 14.2 Å². The van der Waals surface area contributed by atoms with Gasteiger partial charge in [-0.1, -0.05) is 12.1 Å². The molecular weight excluding hydrogens is 471 g/mol. The second kappa shape index (κ2) is 14.7. The maximum absolute atomic E-state index is 5.96. The Morgan fingerprint density at radius 3 is 2.57 bits per heavy atom. The van der Waals surface area contributed by atoms with Crippen LogP contribution in [-0.2, 0) is 4.74 Å². The number of nitrogens with zero attached hydrogens (tertiary/aromatic N) is 2. The molecule has 1 atom stereocenters. The molecule has 1 aliphatic rings. The predicted molar refractivity (Wildman–Crippen MR) is 124 cm³/mol. The minimum absolute atomic E-state index is 0. The van der Waals surface area contributed by atoms with Gasteiger partial charge in [0.25, 0.3) is 0 Å². The van der Waals surface area contributed by atoms with Gasteiger partial charge in [0.05, 0.1) is 26.9 Å². The maximum Gasteiger partial charge on any atom is 0.191 e. The SMILES string of the molecule is CN=C(NCCCCN1CCOCC1)NCC(C)Oc1ccccc1OC.I. The maximum atomic E-state index is 5.96. The number of methoxy groups -OCH3 is 1. The van der Waals surface area contributed by atoms with Gasteiger partial charge in [0.1, 0.15) is 6.10 Å². The average molecular weight is 506 g/mol. The number of hydrogen-bond acceptors (Lipinski definition) is 5. The number of hydrogen-bond donors (Lipinski definition) is 2. The standard InChI is InChI=1S/C20H34N4O3.HI/c1-17(27-19-9-5-4-8-18(19)25-3)16-23-20(21-2)22-10-6-7-11-24-12-14-26-15-13-24;/h4-5,8-9,17H,6-7,10-16H2,1-3H3,(H2,21,22,23);1H. The fraction of sp³-hybridized carbons (Fsp3) is 0.650. The number of morpholine rings is 1. The second-order valence-electron chi connectivity index (χ2n) is 6.62. The van der Waals surface area contributed by atoms with E-state index in [2.05, 4.69) is 20.5 Å². The molecule has 2 N–H and O–H groups in total. The number of benzene rings is 1. The minimum atomic E-state index is -0.0128. The number of para-hydroxylation sites is 2. The molecule has 0 saturated carbocycles. The number of ether oxygens (including phenoxy) is 3. The first-order valence-corrected chi connectivity index (χ1v) is 9.77. The van der Waals surface area contributed by atoms with Crippen molar-refractivity contribution in [3.63, 3.8) is 0 Å². The highest BCUT2D eigenvalue weighted by molar-refractivity contribution is 14.0. The van der Waals surface area contributed by atoms with Crippen molar-refractivity contribution >= 4 is 29.9 Å². The first-order chi connectivity index (χ1) is 13.2. The van der Waals surface area contributed by atoms with Gasteiger partial charge in [0.15, 0.2) is 17.5 Å². The number of nitrogens with one attached hydrogen (secondary N) is 2. The zero-order valence-corrected chi connectivity index (χ0v) is 19.6. The highest BCUT2D eigenvalue weighted by Crippen LogP contribution is 2.26. The van der Waals surface area contributed by atoms with Crippen molar-refractivity contribution in [1.29, 1.82) is 0 Å². The summed E-state index contributed by atoms with van der Waals surface area (Å²) in [5, 5.41) is 6.68. The lowest BCUT2D eigenvalue weighted by atomic mass is 10.2. The van der Waals surface area contributed by atoms with Gasteiger partial charge in [-0.25, -0.2) is 0 Å². The fourth-order valence-corrected chi connectivity index (χ4v) is 2.93. The van der Waals surface area contributed by atoms with E-state index in [0.29, 0.717) is 6.54 Å². The molecule has 0 radical (unpaired) electrons. The zero-order valence-electron chi connectivity index (χ0n) is 17.3. The van der Waals surface area contributed by atoms with Crippen molar-refractivity contribution < 1.29 is 14.2 Å². The van der Waals surface area contributed by atoms with Crippen LogP contribution in [0.15, 0.2) is 29.3 Å². The Labute approximate surface area is 186 Å². The van der Waals surface area contributed by atoms with Gasteiger partial charge in [-0.05, 0) is 38.4 Å². The predicted octanol–water partition coefficient (Wildman–Crippen LogP) is 2.36. The van der Waals surface area contributed by atoms with E-state index in [1.807, 2.05) is 31.2 Å². The van der Waals surface area contributed by atoms with Crippen LogP contribution < -0.4 is 20.1 Å². The summed E-state index contributed by atoms with van der Waals surface area (Å²) in [6.07, 6.45) is 2.28. The molecule has 8 heteroatoms. The fourth-order valence-electron chi connectivity index (χ4n) is 2.93. The molecule has 1 saturated heterocycles. The van der Waals surface area contributed by atoms with E-state index in [4.69, 9.17) is 14.2 Å². The van der Waals surface area contributed by atoms with Crippen molar-refractivity contribution in [2.75, 3.05) is 60.1 Å². The molecule has 0 aliphatic carbocycles. The van der Waals surface area contributed by atoms with Gasteiger partial charge in [-0.2, -0.15) is 0 Å². The van der Waals surface area contributed by atoms with Crippen LogP contribution in [0, 0.1) is 0 Å². The molecule has 1 aromatic carbocycles. The van der Waals surface area contributed by atoms with E-state index < -0.39 is 0 Å². The van der Waals surface area contributed by atoms with Crippen LogP contribution in [0.25, 0.3) is 0 Å². The molecule has 1 heterocycles. The van der Waals surface area contributed by atoms with E-state index in [1.165, 1.54) is 6.42 Å². The van der Waals surface area contributed by atoms with Crippen molar-refractivity contribution in [3.05, 3.63) is 24.3 Å². The van der Waals surface area contributed by atoms with Crippen LogP contribution in [0.4, 0.5) is 0 Å². The first-order valence-electron chi connectivity index (χ1n) is 9.77. The van der Waals surface area contributed by atoms with E-state index in [-0.39, 0.29) is 30.1 Å². The summed E-state index contributed by atoms with van der Waals surface area (Å²) in [6.45, 7) is 8.57. The summed E-state index contributed by atoms with van der Waals surface area (Å²) >= 11 is 0. The molecule has 1 fully saturated rings. The third-order valence-electron chi connectivity index (χ3n) is 4.48. The molecule has 7 nitrogen and oxygen atoms in total. The third kappa shape index (κ3) is 9.29. The molecule has 0 amide bonds. The van der Waals surface area contributed by atoms with Gasteiger partial charge in [-0.3, -0.25) is 9.89 Å². The molecule has 0 spiro atoms. The van der Waals surface area contributed by atoms with E-state index >= 15 is 0 Å². The van der Waals surface area contributed by atoms with Gasteiger partial charge in [-0.15, -0.1) is 24.0 Å². The summed E-state index contributed by atoms with van der Waals surface area (Å²) in [5.74, 6) is 2.30. The van der Waals surface area contributed by atoms with Crippen molar-refractivity contribution in [1.82, 2.24) is 15.5 Å². The van der Waals surface area contributed by atoms with Crippen LogP contribution in [0.2, 0.25) is 0 Å². The first kappa shape index (κ1) is 24.8. The third-order valence-corrected chi connectivity index (χ3v) is 4.48. The quantitative estimate of drug-likeness (QED) is 0.220. The normalized spacial score (nSPS) is 16.0. The molecule has 160 valence electrons. The minimum Gasteiger partial charge on any atom is -0.493 e. The number of aliphatic imine (C=N–C) groups is 1. The molecule has 28 heavy (non-hydrogen) atoms. The lowest BCUT2D eigenvalue weighted by molar-refractivity contribution is 0.0372. The molecule has 0 aromatic heterocycles. The summed E-state index contributed by atoms with van der Waals surface area (Å²) in [7, 11) is 3.44. The monoisotopic (exact) mass is 506 g/mol. The topological polar surface area (TPSA) is 67.4 Å². The van der Waals surface area contributed by atoms with E-state index in [0.717, 1.165) is 63.3 Å². The van der Waals surface area contributed by atoms with Crippen LogP contribution in [0.1, 0.15) is 19.8 Å². The Balaban J connectivity index is 0.00000392. The number of halogens is 1. The number of unbranched alkanes of at least 4 members (excludes halogenated alkanes) is 1. The lowest BCUT2D eigenvalue weighted by Gasteiger charge is -2.26. The van der Waals surface area contributed by atoms with Crippen LogP contribution in [-0.4, -0.2) is 77.1 Å².